The maximum absolute atomic E-state index is 13.6. The Bertz CT molecular complexity index is 1110. The van der Waals surface area contributed by atoms with E-state index in [-0.39, 0.29) is 17.0 Å². The van der Waals surface area contributed by atoms with Crippen LogP contribution in [0.15, 0.2) is 53.4 Å². The Morgan fingerprint density at radius 3 is 2.58 bits per heavy atom. The van der Waals surface area contributed by atoms with Crippen LogP contribution < -0.4 is 5.32 Å². The van der Waals surface area contributed by atoms with E-state index in [1.54, 1.807) is 24.3 Å². The predicted molar refractivity (Wildman–Crippen MR) is 95.1 cm³/mol. The fourth-order valence-electron chi connectivity index (χ4n) is 2.71. The highest BCUT2D eigenvalue weighted by atomic mass is 32.2. The normalized spacial score (nSPS) is 11.5. The molecular weight excluding hydrogens is 359 g/mol. The summed E-state index contributed by atoms with van der Waals surface area (Å²) in [4.78, 5) is 15.4. The Balaban J connectivity index is 2.30. The largest absolute Gasteiger partial charge is 0.465 e. The molecule has 6 nitrogen and oxygen atoms in total. The van der Waals surface area contributed by atoms with Crippen molar-refractivity contribution in [2.45, 2.75) is 11.4 Å². The molecule has 8 heteroatoms. The van der Waals surface area contributed by atoms with E-state index in [0.29, 0.717) is 22.2 Å². The second-order valence-corrected chi connectivity index (χ2v) is 7.75. The molecule has 0 aliphatic carbocycles. The van der Waals surface area contributed by atoms with E-state index in [2.05, 4.69) is 10.3 Å². The molecule has 3 aromatic rings. The van der Waals surface area contributed by atoms with Crippen molar-refractivity contribution < 1.29 is 22.7 Å². The van der Waals surface area contributed by atoms with E-state index in [0.717, 1.165) is 6.26 Å². The molecule has 0 unspecified atom stereocenters. The SMILES string of the molecule is CS(=O)(=O)c1cccc2cc(CNC(=O)O)c(-c3cccc(F)c3)nc12. The summed E-state index contributed by atoms with van der Waals surface area (Å²) in [6.07, 6.45) is -0.120. The van der Waals surface area contributed by atoms with Gasteiger partial charge in [-0.1, -0.05) is 24.3 Å². The summed E-state index contributed by atoms with van der Waals surface area (Å²) in [6.45, 7) is -0.0484. The van der Waals surface area contributed by atoms with Gasteiger partial charge in [0.2, 0.25) is 0 Å². The summed E-state index contributed by atoms with van der Waals surface area (Å²) in [6, 6.07) is 12.1. The number of para-hydroxylation sites is 1. The van der Waals surface area contributed by atoms with Crippen LogP contribution >= 0.6 is 0 Å². The minimum Gasteiger partial charge on any atom is -0.465 e. The molecule has 1 amide bonds. The van der Waals surface area contributed by atoms with Crippen molar-refractivity contribution in [2.75, 3.05) is 6.26 Å². The quantitative estimate of drug-likeness (QED) is 0.731. The summed E-state index contributed by atoms with van der Waals surface area (Å²) >= 11 is 0. The first kappa shape index (κ1) is 17.8. The number of nitrogens with one attached hydrogen (secondary N) is 1. The second-order valence-electron chi connectivity index (χ2n) is 5.77. The van der Waals surface area contributed by atoms with Crippen LogP contribution in [0, 0.1) is 5.82 Å². The summed E-state index contributed by atoms with van der Waals surface area (Å²) in [7, 11) is -3.52. The summed E-state index contributed by atoms with van der Waals surface area (Å²) < 4.78 is 37.8. The molecule has 0 bridgehead atoms. The number of rotatable bonds is 4. The molecule has 2 aromatic carbocycles. The van der Waals surface area contributed by atoms with Crippen LogP contribution in [0.5, 0.6) is 0 Å². The van der Waals surface area contributed by atoms with Gasteiger partial charge in [0.15, 0.2) is 9.84 Å². The molecule has 1 heterocycles. The van der Waals surface area contributed by atoms with Gasteiger partial charge in [0.05, 0.1) is 16.1 Å². The van der Waals surface area contributed by atoms with Crippen LogP contribution in [0.1, 0.15) is 5.56 Å². The van der Waals surface area contributed by atoms with Gasteiger partial charge in [-0.15, -0.1) is 0 Å². The highest BCUT2D eigenvalue weighted by Gasteiger charge is 2.17. The Hall–Kier alpha value is -3.00. The molecule has 0 fully saturated rings. The zero-order valence-electron chi connectivity index (χ0n) is 13.7. The predicted octanol–water partition coefficient (Wildman–Crippen LogP) is 3.21. The fourth-order valence-corrected chi connectivity index (χ4v) is 3.55. The van der Waals surface area contributed by atoms with Crippen LogP contribution in [0.4, 0.5) is 9.18 Å². The van der Waals surface area contributed by atoms with Gasteiger partial charge in [-0.05, 0) is 29.8 Å². The topological polar surface area (TPSA) is 96.4 Å². The maximum atomic E-state index is 13.6. The number of aromatic nitrogens is 1. The smallest absolute Gasteiger partial charge is 0.404 e. The van der Waals surface area contributed by atoms with E-state index in [9.17, 15) is 17.6 Å². The van der Waals surface area contributed by atoms with Crippen molar-refractivity contribution in [3.63, 3.8) is 0 Å². The van der Waals surface area contributed by atoms with Gasteiger partial charge in [0.25, 0.3) is 0 Å². The lowest BCUT2D eigenvalue weighted by Crippen LogP contribution is -2.20. The average Bonchev–Trinajstić information content (AvgIpc) is 2.57. The number of amides is 1. The van der Waals surface area contributed by atoms with Gasteiger partial charge >= 0.3 is 6.09 Å². The maximum Gasteiger partial charge on any atom is 0.404 e. The van der Waals surface area contributed by atoms with Gasteiger partial charge in [-0.2, -0.15) is 0 Å². The van der Waals surface area contributed by atoms with E-state index in [4.69, 9.17) is 5.11 Å². The first-order valence-electron chi connectivity index (χ1n) is 7.61. The number of hydrogen-bond donors (Lipinski definition) is 2. The van der Waals surface area contributed by atoms with E-state index in [1.165, 1.54) is 24.3 Å². The molecule has 3 rings (SSSR count). The molecule has 1 aromatic heterocycles. The first-order chi connectivity index (χ1) is 12.3. The van der Waals surface area contributed by atoms with Crippen molar-refractivity contribution in [2.24, 2.45) is 0 Å². The summed E-state index contributed by atoms with van der Waals surface area (Å²) in [5.41, 5.74) is 1.52. The Labute approximate surface area is 149 Å². The van der Waals surface area contributed by atoms with Crippen LogP contribution in [0.3, 0.4) is 0 Å². The Kier molecular flexibility index (Phi) is 4.60. The van der Waals surface area contributed by atoms with Gasteiger partial charge < -0.3 is 10.4 Å². The molecule has 0 spiro atoms. The molecule has 0 saturated carbocycles. The van der Waals surface area contributed by atoms with Crippen molar-refractivity contribution in [1.82, 2.24) is 10.3 Å². The number of fused-ring (bicyclic) bond motifs is 1. The molecule has 0 atom stereocenters. The zero-order valence-corrected chi connectivity index (χ0v) is 14.5. The standard InChI is InChI=1S/C18H15FN2O4S/c1-26(24,25)15-7-3-5-11-8-13(10-20-18(22)23)16(21-17(11)15)12-4-2-6-14(19)9-12/h2-9,20H,10H2,1H3,(H,22,23). The summed E-state index contributed by atoms with van der Waals surface area (Å²) in [5.74, 6) is -0.474. The van der Waals surface area contributed by atoms with Crippen LogP contribution in [-0.4, -0.2) is 30.9 Å². The highest BCUT2D eigenvalue weighted by Crippen LogP contribution is 2.29. The number of nitrogens with zero attached hydrogens (tertiary/aromatic N) is 1. The van der Waals surface area contributed by atoms with Crippen LogP contribution in [-0.2, 0) is 16.4 Å². The zero-order chi connectivity index (χ0) is 18.9. The summed E-state index contributed by atoms with van der Waals surface area (Å²) in [5, 5.41) is 11.7. The first-order valence-corrected chi connectivity index (χ1v) is 9.50. The molecule has 0 saturated heterocycles. The number of benzene rings is 2. The lowest BCUT2D eigenvalue weighted by atomic mass is 10.0. The number of hydrogen-bond acceptors (Lipinski definition) is 4. The third kappa shape index (κ3) is 3.65. The minimum absolute atomic E-state index is 0.0484. The minimum atomic E-state index is -3.52. The van der Waals surface area contributed by atoms with Crippen LogP contribution in [0.2, 0.25) is 0 Å². The molecule has 0 radical (unpaired) electrons. The van der Waals surface area contributed by atoms with Gasteiger partial charge in [0, 0.05) is 23.8 Å². The monoisotopic (exact) mass is 374 g/mol. The lowest BCUT2D eigenvalue weighted by molar-refractivity contribution is 0.194. The molecule has 0 aliphatic heterocycles. The molecule has 2 N–H and O–H groups in total. The van der Waals surface area contributed by atoms with E-state index < -0.39 is 21.7 Å². The number of halogens is 1. The highest BCUT2D eigenvalue weighted by molar-refractivity contribution is 7.91. The van der Waals surface area contributed by atoms with Crippen molar-refractivity contribution in [3.05, 3.63) is 59.9 Å². The number of carboxylic acid groups (broad SMARTS) is 1. The Morgan fingerprint density at radius 2 is 1.92 bits per heavy atom. The average molecular weight is 374 g/mol. The van der Waals surface area contributed by atoms with Gasteiger partial charge in [0.1, 0.15) is 5.82 Å². The number of sulfone groups is 1. The Morgan fingerprint density at radius 1 is 1.19 bits per heavy atom. The molecule has 134 valence electrons. The fraction of sp³-hybridized carbons (Fsp3) is 0.111. The molecule has 0 aliphatic rings. The third-order valence-electron chi connectivity index (χ3n) is 3.82. The molecular formula is C18H15FN2O4S. The van der Waals surface area contributed by atoms with Crippen molar-refractivity contribution in [1.29, 1.82) is 0 Å². The van der Waals surface area contributed by atoms with Crippen molar-refractivity contribution >= 4 is 26.8 Å². The number of pyridine rings is 1. The van der Waals surface area contributed by atoms with Crippen molar-refractivity contribution in [3.8, 4) is 11.3 Å². The van der Waals surface area contributed by atoms with E-state index in [1.807, 2.05) is 0 Å². The van der Waals surface area contributed by atoms with Gasteiger partial charge in [-0.25, -0.2) is 22.6 Å². The number of carbonyl (C=O) groups is 1. The second kappa shape index (κ2) is 6.72. The van der Waals surface area contributed by atoms with E-state index >= 15 is 0 Å². The van der Waals surface area contributed by atoms with Crippen LogP contribution in [0.25, 0.3) is 22.2 Å². The van der Waals surface area contributed by atoms with Gasteiger partial charge in [-0.3, -0.25) is 0 Å². The lowest BCUT2D eigenvalue weighted by Gasteiger charge is -2.13. The molecule has 26 heavy (non-hydrogen) atoms. The third-order valence-corrected chi connectivity index (χ3v) is 4.94.